The monoisotopic (exact) mass is 1380 g/mol. The smallest absolute Gasteiger partial charge is 0.145 e. The van der Waals surface area contributed by atoms with Crippen LogP contribution in [0.5, 0.6) is 0 Å². The van der Waals surface area contributed by atoms with Gasteiger partial charge < -0.3 is 35.9 Å². The minimum atomic E-state index is 0.597. The molecular formula is C98H54N6O4. The molecule has 24 rings (SSSR count). The lowest BCUT2D eigenvalue weighted by Crippen LogP contribution is -1.96. The van der Waals surface area contributed by atoms with Gasteiger partial charge in [-0.1, -0.05) is 170 Å². The second kappa shape index (κ2) is 22.7. The van der Waals surface area contributed by atoms with Crippen LogP contribution in [0.2, 0.25) is 0 Å². The van der Waals surface area contributed by atoms with Gasteiger partial charge in [-0.25, -0.2) is 0 Å². The number of para-hydroxylation sites is 8. The van der Waals surface area contributed by atoms with Gasteiger partial charge in [0.1, 0.15) is 44.7 Å². The second-order valence-electron chi connectivity index (χ2n) is 28.0. The van der Waals surface area contributed by atoms with Crippen molar-refractivity contribution in [1.82, 2.24) is 18.3 Å². The van der Waals surface area contributed by atoms with Gasteiger partial charge in [-0.3, -0.25) is 0 Å². The Morgan fingerprint density at radius 2 is 0.500 bits per heavy atom. The molecule has 0 N–H and O–H groups in total. The van der Waals surface area contributed by atoms with Crippen LogP contribution in [0.4, 0.5) is 0 Å². The maximum atomic E-state index is 10.3. The molecule has 0 atom stereocenters. The molecule has 0 radical (unpaired) electrons. The zero-order valence-electron chi connectivity index (χ0n) is 57.5. The first-order valence-electron chi connectivity index (χ1n) is 36.1. The fraction of sp³-hybridized carbons (Fsp3) is 0. The van der Waals surface area contributed by atoms with Crippen molar-refractivity contribution in [3.8, 4) is 57.1 Å². The van der Waals surface area contributed by atoms with Crippen molar-refractivity contribution in [2.75, 3.05) is 0 Å². The first-order chi connectivity index (χ1) is 53.5. The van der Waals surface area contributed by atoms with Gasteiger partial charge in [-0.05, 0) is 180 Å². The van der Waals surface area contributed by atoms with E-state index >= 15 is 0 Å². The van der Waals surface area contributed by atoms with Crippen LogP contribution in [-0.2, 0) is 0 Å². The summed E-state index contributed by atoms with van der Waals surface area (Å²) in [5.74, 6) is 0. The third-order valence-electron chi connectivity index (χ3n) is 22.2. The Kier molecular flexibility index (Phi) is 12.5. The highest BCUT2D eigenvalue weighted by atomic mass is 16.3. The van der Waals surface area contributed by atoms with Crippen LogP contribution in [-0.4, -0.2) is 18.3 Å². The zero-order chi connectivity index (χ0) is 71.0. The van der Waals surface area contributed by atoms with Crippen molar-refractivity contribution in [3.63, 3.8) is 0 Å². The zero-order valence-corrected chi connectivity index (χ0v) is 57.5. The summed E-state index contributed by atoms with van der Waals surface area (Å²) in [7, 11) is 0. The molecule has 0 aliphatic carbocycles. The molecule has 10 nitrogen and oxygen atoms in total. The summed E-state index contributed by atoms with van der Waals surface area (Å²) in [6.07, 6.45) is 0. The molecule has 500 valence electrons. The Labute approximate surface area is 613 Å². The number of nitriles is 2. The van der Waals surface area contributed by atoms with Crippen LogP contribution in [0.15, 0.2) is 345 Å². The topological polar surface area (TPSA) is 120 Å². The second-order valence-corrected chi connectivity index (χ2v) is 28.0. The Morgan fingerprint density at radius 3 is 0.880 bits per heavy atom. The van der Waals surface area contributed by atoms with E-state index in [2.05, 4.69) is 285 Å². The molecule has 108 heavy (non-hydrogen) atoms. The van der Waals surface area contributed by atoms with E-state index in [1.807, 2.05) is 72.8 Å². The van der Waals surface area contributed by atoms with Crippen LogP contribution >= 0.6 is 0 Å². The lowest BCUT2D eigenvalue weighted by atomic mass is 10.0. The van der Waals surface area contributed by atoms with Crippen LogP contribution in [0.1, 0.15) is 11.1 Å². The Balaban J connectivity index is 0.000000130. The summed E-state index contributed by atoms with van der Waals surface area (Å²) < 4.78 is 34.8. The number of nitrogens with zero attached hydrogens (tertiary/aromatic N) is 6. The lowest BCUT2D eigenvalue weighted by Gasteiger charge is -2.13. The van der Waals surface area contributed by atoms with E-state index in [4.69, 9.17) is 17.7 Å². The number of hydrogen-bond donors (Lipinski definition) is 0. The first kappa shape index (κ1) is 59.4. The summed E-state index contributed by atoms with van der Waals surface area (Å²) in [6, 6.07) is 119. The van der Waals surface area contributed by atoms with Crippen molar-refractivity contribution < 1.29 is 17.7 Å². The van der Waals surface area contributed by atoms with E-state index in [1.165, 1.54) is 10.8 Å². The molecule has 0 fully saturated rings. The first-order valence-corrected chi connectivity index (χ1v) is 36.1. The molecule has 0 spiro atoms. The molecule has 0 aliphatic rings. The van der Waals surface area contributed by atoms with Gasteiger partial charge in [0.2, 0.25) is 0 Å². The maximum Gasteiger partial charge on any atom is 0.145 e. The van der Waals surface area contributed by atoms with Crippen LogP contribution < -0.4 is 0 Å². The predicted octanol–water partition coefficient (Wildman–Crippen LogP) is 26.4. The number of fused-ring (bicyclic) bond motifs is 28. The van der Waals surface area contributed by atoms with E-state index in [9.17, 15) is 10.5 Å². The number of rotatable bonds is 6. The van der Waals surface area contributed by atoms with Gasteiger partial charge >= 0.3 is 0 Å². The molecular weight excluding hydrogens is 1330 g/mol. The molecule has 0 bridgehead atoms. The molecule has 0 unspecified atom stereocenters. The minimum absolute atomic E-state index is 0.597. The molecule has 8 aromatic heterocycles. The van der Waals surface area contributed by atoms with Crippen LogP contribution in [0.25, 0.3) is 220 Å². The number of furan rings is 4. The standard InChI is InChI=1S/2C49H27N3O2/c50-28-29-25-31(27-33(26-29)52-41-14-6-2-12-39(41)47-43(52)24-22-37-35-10-4-8-16-45(35)54-49(37)47)30-17-19-32(20-18-30)51-40-13-5-1-11-38(40)46-42(51)23-21-36-34-9-3-7-15-44(34)53-48(36)46;50-28-29-25-31(27-33(26-29)52-39-14-6-2-10-35(39)47-41(52)22-24-45-49(47)37-12-4-8-16-43(37)54-45)30-17-19-32(20-18-30)51-38-13-5-1-9-34(38)46-40(51)21-23-44-48(46)36-11-3-7-15-42(36)53-44/h2*1-27H. The van der Waals surface area contributed by atoms with Crippen molar-refractivity contribution in [1.29, 1.82) is 10.5 Å². The van der Waals surface area contributed by atoms with E-state index < -0.39 is 0 Å². The van der Waals surface area contributed by atoms with E-state index in [0.717, 1.165) is 209 Å². The third-order valence-corrected chi connectivity index (χ3v) is 22.2. The maximum absolute atomic E-state index is 10.3. The van der Waals surface area contributed by atoms with Gasteiger partial charge in [0.05, 0.1) is 78.2 Å². The van der Waals surface area contributed by atoms with Gasteiger partial charge in [0.15, 0.2) is 0 Å². The Bertz CT molecular complexity index is 8090. The number of aromatic nitrogens is 4. The number of hydrogen-bond acceptors (Lipinski definition) is 6. The molecule has 0 saturated heterocycles. The summed E-state index contributed by atoms with van der Waals surface area (Å²) in [5.41, 5.74) is 25.0. The van der Waals surface area contributed by atoms with Crippen molar-refractivity contribution in [2.45, 2.75) is 0 Å². The summed E-state index contributed by atoms with van der Waals surface area (Å²) in [4.78, 5) is 0. The molecule has 0 saturated carbocycles. The SMILES string of the molecule is N#Cc1cc(-c2ccc(-n3c4ccccc4c4c5c(ccc43)oc3ccccc35)cc2)cc(-n2c3ccccc3c3c4c(ccc32)oc2ccccc24)c1.N#Cc1cc(-c2ccc(-n3c4ccccc4c4c5oc6ccccc6c5ccc43)cc2)cc(-n2c3ccccc3c3c4oc5ccccc5c4ccc32)c1. The molecule has 24 aromatic rings. The summed E-state index contributed by atoms with van der Waals surface area (Å²) in [6.45, 7) is 0. The van der Waals surface area contributed by atoms with E-state index in [-0.39, 0.29) is 0 Å². The summed E-state index contributed by atoms with van der Waals surface area (Å²) in [5, 5.41) is 38.6. The average Bonchev–Trinajstić information content (AvgIpc) is 1.58. The van der Waals surface area contributed by atoms with Gasteiger partial charge in [-0.15, -0.1) is 0 Å². The van der Waals surface area contributed by atoms with Crippen LogP contribution in [0, 0.1) is 22.7 Å². The molecule has 0 amide bonds. The van der Waals surface area contributed by atoms with E-state index in [1.54, 1.807) is 0 Å². The van der Waals surface area contributed by atoms with Gasteiger partial charge in [-0.2, -0.15) is 10.5 Å². The average molecular weight is 1380 g/mol. The molecule has 10 heteroatoms. The van der Waals surface area contributed by atoms with Gasteiger partial charge in [0, 0.05) is 98.2 Å². The highest BCUT2D eigenvalue weighted by Crippen LogP contribution is 2.47. The third kappa shape index (κ3) is 8.56. The Hall–Kier alpha value is -15.1. The number of benzene rings is 16. The van der Waals surface area contributed by atoms with Gasteiger partial charge in [0.25, 0.3) is 0 Å². The van der Waals surface area contributed by atoms with Crippen molar-refractivity contribution in [2.24, 2.45) is 0 Å². The normalized spacial score (nSPS) is 12.1. The highest BCUT2D eigenvalue weighted by Gasteiger charge is 2.25. The fourth-order valence-corrected chi connectivity index (χ4v) is 17.7. The predicted molar refractivity (Wildman–Crippen MR) is 440 cm³/mol. The highest BCUT2D eigenvalue weighted by molar-refractivity contribution is 6.30. The minimum Gasteiger partial charge on any atom is -0.456 e. The quantitative estimate of drug-likeness (QED) is 0.164. The molecule has 8 heterocycles. The molecule has 16 aromatic carbocycles. The molecule has 0 aliphatic heterocycles. The fourth-order valence-electron chi connectivity index (χ4n) is 17.7. The van der Waals surface area contributed by atoms with Crippen molar-refractivity contribution in [3.05, 3.63) is 339 Å². The Morgan fingerprint density at radius 1 is 0.194 bits per heavy atom. The van der Waals surface area contributed by atoms with E-state index in [0.29, 0.717) is 11.1 Å². The lowest BCUT2D eigenvalue weighted by molar-refractivity contribution is 0.669. The van der Waals surface area contributed by atoms with Crippen molar-refractivity contribution >= 4 is 175 Å². The largest absolute Gasteiger partial charge is 0.456 e. The summed E-state index contributed by atoms with van der Waals surface area (Å²) >= 11 is 0. The van der Waals surface area contributed by atoms with Crippen LogP contribution in [0.3, 0.4) is 0 Å².